The smallest absolute Gasteiger partial charge is 0.343 e. The van der Waals surface area contributed by atoms with Gasteiger partial charge in [-0.15, -0.1) is 0 Å². The first kappa shape index (κ1) is 15.1. The number of alkyl halides is 2. The number of nitrogens with zero attached hydrogens (tertiary/aromatic N) is 3. The number of carbonyl (C=O) groups is 1. The highest BCUT2D eigenvalue weighted by Gasteiger charge is 2.22. The van der Waals surface area contributed by atoms with Crippen molar-refractivity contribution < 1.29 is 18.3 Å². The molecule has 0 aliphatic carbocycles. The number of halogens is 2. The van der Waals surface area contributed by atoms with E-state index in [0.29, 0.717) is 11.3 Å². The molecule has 0 saturated heterocycles. The second-order valence-corrected chi connectivity index (χ2v) is 4.75. The summed E-state index contributed by atoms with van der Waals surface area (Å²) in [4.78, 5) is 16.3. The van der Waals surface area contributed by atoms with Crippen LogP contribution in [0.15, 0.2) is 42.6 Å². The quantitative estimate of drug-likeness (QED) is 0.691. The molecule has 0 N–H and O–H groups in total. The minimum Gasteiger partial charge on any atom is -0.462 e. The molecule has 3 rings (SSSR count). The van der Waals surface area contributed by atoms with Crippen molar-refractivity contribution in [1.82, 2.24) is 14.6 Å². The van der Waals surface area contributed by atoms with E-state index >= 15 is 0 Å². The Morgan fingerprint density at radius 2 is 2.04 bits per heavy atom. The summed E-state index contributed by atoms with van der Waals surface area (Å²) in [5.41, 5.74) is 0.809. The summed E-state index contributed by atoms with van der Waals surface area (Å²) >= 11 is 0. The van der Waals surface area contributed by atoms with Gasteiger partial charge in [-0.3, -0.25) is 0 Å². The topological polar surface area (TPSA) is 56.5 Å². The molecule has 0 amide bonds. The van der Waals surface area contributed by atoms with Crippen LogP contribution in [-0.4, -0.2) is 27.2 Å². The number of rotatable bonds is 4. The number of ether oxygens (including phenoxy) is 1. The summed E-state index contributed by atoms with van der Waals surface area (Å²) in [6.45, 7) is 1.84. The van der Waals surface area contributed by atoms with Crippen molar-refractivity contribution in [2.45, 2.75) is 13.3 Å². The summed E-state index contributed by atoms with van der Waals surface area (Å²) in [5, 5.41) is 3.85. The number of fused-ring (bicyclic) bond motifs is 1. The summed E-state index contributed by atoms with van der Waals surface area (Å²) in [6.07, 6.45) is -1.56. The van der Waals surface area contributed by atoms with Crippen LogP contribution in [0, 0.1) is 0 Å². The van der Waals surface area contributed by atoms with Gasteiger partial charge in [-0.25, -0.2) is 23.1 Å². The Kier molecular flexibility index (Phi) is 4.01. The Bertz CT molecular complexity index is 847. The number of benzene rings is 1. The molecular formula is C16H13F2N3O2. The fourth-order valence-electron chi connectivity index (χ4n) is 2.25. The Hall–Kier alpha value is -2.83. The van der Waals surface area contributed by atoms with Crippen LogP contribution in [0.5, 0.6) is 0 Å². The van der Waals surface area contributed by atoms with Crippen molar-refractivity contribution >= 4 is 11.6 Å². The number of esters is 1. The maximum atomic E-state index is 13.3. The van der Waals surface area contributed by atoms with Crippen molar-refractivity contribution in [3.63, 3.8) is 0 Å². The first-order chi connectivity index (χ1) is 11.1. The first-order valence-electron chi connectivity index (χ1n) is 7.01. The van der Waals surface area contributed by atoms with Crippen LogP contribution in [0.3, 0.4) is 0 Å². The van der Waals surface area contributed by atoms with E-state index in [4.69, 9.17) is 4.74 Å². The molecular weight excluding hydrogens is 304 g/mol. The molecule has 2 aromatic heterocycles. The molecule has 7 heteroatoms. The molecule has 0 aliphatic rings. The van der Waals surface area contributed by atoms with E-state index in [2.05, 4.69) is 10.1 Å². The van der Waals surface area contributed by atoms with Crippen LogP contribution in [0.1, 0.15) is 29.4 Å². The number of hydrogen-bond acceptors (Lipinski definition) is 4. The highest BCUT2D eigenvalue weighted by Crippen LogP contribution is 2.26. The summed E-state index contributed by atoms with van der Waals surface area (Å²) in [6, 6.07) is 10.2. The van der Waals surface area contributed by atoms with E-state index in [1.807, 2.05) is 6.07 Å². The zero-order valence-corrected chi connectivity index (χ0v) is 12.2. The zero-order valence-electron chi connectivity index (χ0n) is 12.2. The van der Waals surface area contributed by atoms with Crippen LogP contribution < -0.4 is 0 Å². The molecule has 0 bridgehead atoms. The molecule has 23 heavy (non-hydrogen) atoms. The molecule has 0 atom stereocenters. The van der Waals surface area contributed by atoms with Gasteiger partial charge in [0, 0.05) is 5.56 Å². The second kappa shape index (κ2) is 6.12. The lowest BCUT2D eigenvalue weighted by atomic mass is 10.1. The molecule has 2 heterocycles. The maximum Gasteiger partial charge on any atom is 0.343 e. The lowest BCUT2D eigenvalue weighted by Crippen LogP contribution is -2.07. The number of hydrogen-bond donors (Lipinski definition) is 0. The SMILES string of the molecule is CCOC(=O)c1cnn2c(C(F)F)cc(-c3ccccc3)nc12. The number of carbonyl (C=O) groups excluding carboxylic acids is 1. The van der Waals surface area contributed by atoms with Gasteiger partial charge in [-0.2, -0.15) is 5.10 Å². The summed E-state index contributed by atoms with van der Waals surface area (Å²) in [5.74, 6) is -0.638. The van der Waals surface area contributed by atoms with Gasteiger partial charge in [-0.05, 0) is 13.0 Å². The third-order valence-electron chi connectivity index (χ3n) is 3.29. The van der Waals surface area contributed by atoms with Crippen LogP contribution >= 0.6 is 0 Å². The number of aromatic nitrogens is 3. The lowest BCUT2D eigenvalue weighted by Gasteiger charge is -2.08. The van der Waals surface area contributed by atoms with Crippen LogP contribution in [0.25, 0.3) is 16.9 Å². The molecule has 0 spiro atoms. The van der Waals surface area contributed by atoms with E-state index in [-0.39, 0.29) is 23.5 Å². The zero-order chi connectivity index (χ0) is 16.4. The van der Waals surface area contributed by atoms with Crippen LogP contribution in [0.2, 0.25) is 0 Å². The fourth-order valence-corrected chi connectivity index (χ4v) is 2.25. The molecule has 0 radical (unpaired) electrons. The highest BCUT2D eigenvalue weighted by atomic mass is 19.3. The molecule has 0 aliphatic heterocycles. The van der Waals surface area contributed by atoms with Gasteiger partial charge in [0.15, 0.2) is 5.65 Å². The van der Waals surface area contributed by atoms with Gasteiger partial charge in [0.1, 0.15) is 11.3 Å². The van der Waals surface area contributed by atoms with Gasteiger partial charge in [0.2, 0.25) is 0 Å². The molecule has 5 nitrogen and oxygen atoms in total. The molecule has 3 aromatic rings. The fraction of sp³-hybridized carbons (Fsp3) is 0.188. The largest absolute Gasteiger partial charge is 0.462 e. The van der Waals surface area contributed by atoms with E-state index < -0.39 is 12.4 Å². The molecule has 0 saturated carbocycles. The Labute approximate surface area is 130 Å². The highest BCUT2D eigenvalue weighted by molar-refractivity contribution is 5.96. The van der Waals surface area contributed by atoms with E-state index in [1.165, 1.54) is 12.3 Å². The minimum atomic E-state index is -2.75. The average Bonchev–Trinajstić information content (AvgIpc) is 2.98. The first-order valence-corrected chi connectivity index (χ1v) is 7.01. The molecule has 0 fully saturated rings. The normalized spacial score (nSPS) is 11.1. The molecule has 118 valence electrons. The van der Waals surface area contributed by atoms with Crippen molar-refractivity contribution in [2.24, 2.45) is 0 Å². The molecule has 0 unspecified atom stereocenters. The summed E-state index contributed by atoms with van der Waals surface area (Å²) in [7, 11) is 0. The van der Waals surface area contributed by atoms with Crippen molar-refractivity contribution in [3.8, 4) is 11.3 Å². The maximum absolute atomic E-state index is 13.3. The van der Waals surface area contributed by atoms with E-state index in [9.17, 15) is 13.6 Å². The average molecular weight is 317 g/mol. The Morgan fingerprint density at radius 3 is 2.70 bits per heavy atom. The third-order valence-corrected chi connectivity index (χ3v) is 3.29. The van der Waals surface area contributed by atoms with Crippen LogP contribution in [0.4, 0.5) is 8.78 Å². The molecule has 1 aromatic carbocycles. The van der Waals surface area contributed by atoms with Gasteiger partial charge < -0.3 is 4.74 Å². The van der Waals surface area contributed by atoms with E-state index in [0.717, 1.165) is 4.52 Å². The van der Waals surface area contributed by atoms with Gasteiger partial charge >= 0.3 is 5.97 Å². The Morgan fingerprint density at radius 1 is 1.30 bits per heavy atom. The second-order valence-electron chi connectivity index (χ2n) is 4.75. The lowest BCUT2D eigenvalue weighted by molar-refractivity contribution is 0.0528. The van der Waals surface area contributed by atoms with Crippen molar-refractivity contribution in [2.75, 3.05) is 6.61 Å². The standard InChI is InChI=1S/C16H13F2N3O2/c1-2-23-16(22)11-9-19-21-13(14(17)18)8-12(20-15(11)21)10-6-4-3-5-7-10/h3-9,14H,2H2,1H3. The van der Waals surface area contributed by atoms with Crippen LogP contribution in [-0.2, 0) is 4.74 Å². The van der Waals surface area contributed by atoms with Crippen molar-refractivity contribution in [3.05, 3.63) is 53.9 Å². The van der Waals surface area contributed by atoms with Gasteiger partial charge in [0.25, 0.3) is 6.43 Å². The predicted molar refractivity (Wildman–Crippen MR) is 79.3 cm³/mol. The predicted octanol–water partition coefficient (Wildman–Crippen LogP) is 3.51. The third kappa shape index (κ3) is 2.77. The van der Waals surface area contributed by atoms with E-state index in [1.54, 1.807) is 31.2 Å². The summed E-state index contributed by atoms with van der Waals surface area (Å²) < 4.78 is 32.6. The minimum absolute atomic E-state index is 0.0557. The van der Waals surface area contributed by atoms with Gasteiger partial charge in [0.05, 0.1) is 18.5 Å². The Balaban J connectivity index is 2.23. The van der Waals surface area contributed by atoms with Crippen molar-refractivity contribution in [1.29, 1.82) is 0 Å². The van der Waals surface area contributed by atoms with Gasteiger partial charge in [-0.1, -0.05) is 30.3 Å². The monoisotopic (exact) mass is 317 g/mol.